The molecule has 0 spiro atoms. The number of ether oxygens (including phenoxy) is 1. The van der Waals surface area contributed by atoms with Crippen LogP contribution in [0.3, 0.4) is 0 Å². The zero-order valence-corrected chi connectivity index (χ0v) is 16.6. The fraction of sp³-hybridized carbons (Fsp3) is 0.318. The molecule has 2 aromatic carbocycles. The highest BCUT2D eigenvalue weighted by Gasteiger charge is 2.19. The summed E-state index contributed by atoms with van der Waals surface area (Å²) in [6.45, 7) is 1.04. The van der Waals surface area contributed by atoms with Crippen molar-refractivity contribution in [1.82, 2.24) is 0 Å². The standard InChI is InChI=1S/C22H22N2O6/c1-14-4-2-7-18(24(28)29)22(14)23-20(26)13-30-21(27)11-10-19(25)17-9-8-15-5-3-6-16(15)12-17/h2,4,7-9,12H,3,5-6,10-11,13H2,1H3,(H,23,26). The summed E-state index contributed by atoms with van der Waals surface area (Å²) in [7, 11) is 0. The van der Waals surface area contributed by atoms with E-state index in [4.69, 9.17) is 4.74 Å². The Kier molecular flexibility index (Phi) is 6.56. The number of nitro groups is 1. The number of amides is 1. The van der Waals surface area contributed by atoms with Gasteiger partial charge in [0.15, 0.2) is 12.4 Å². The van der Waals surface area contributed by atoms with Crippen molar-refractivity contribution in [2.45, 2.75) is 39.0 Å². The Balaban J connectivity index is 1.47. The van der Waals surface area contributed by atoms with Gasteiger partial charge >= 0.3 is 5.97 Å². The molecule has 0 saturated heterocycles. The van der Waals surface area contributed by atoms with E-state index in [1.54, 1.807) is 19.1 Å². The molecule has 1 aliphatic carbocycles. The Morgan fingerprint density at radius 1 is 1.10 bits per heavy atom. The average molecular weight is 410 g/mol. The first-order chi connectivity index (χ1) is 14.3. The van der Waals surface area contributed by atoms with Gasteiger partial charge in [-0.15, -0.1) is 0 Å². The number of para-hydroxylation sites is 1. The Morgan fingerprint density at radius 2 is 1.87 bits per heavy atom. The topological polar surface area (TPSA) is 116 Å². The van der Waals surface area contributed by atoms with Crippen molar-refractivity contribution in [2.24, 2.45) is 0 Å². The van der Waals surface area contributed by atoms with Gasteiger partial charge in [-0.3, -0.25) is 24.5 Å². The van der Waals surface area contributed by atoms with Crippen LogP contribution in [0.5, 0.6) is 0 Å². The third-order valence-electron chi connectivity index (χ3n) is 5.05. The van der Waals surface area contributed by atoms with Crippen LogP contribution >= 0.6 is 0 Å². The second kappa shape index (κ2) is 9.30. The van der Waals surface area contributed by atoms with E-state index >= 15 is 0 Å². The number of hydrogen-bond donors (Lipinski definition) is 1. The van der Waals surface area contributed by atoms with Crippen LogP contribution in [-0.2, 0) is 27.2 Å². The molecule has 1 aliphatic rings. The third-order valence-corrected chi connectivity index (χ3v) is 5.05. The molecule has 1 amide bonds. The quantitative estimate of drug-likeness (QED) is 0.308. The van der Waals surface area contributed by atoms with Gasteiger partial charge in [-0.2, -0.15) is 0 Å². The Morgan fingerprint density at radius 3 is 2.63 bits per heavy atom. The van der Waals surface area contributed by atoms with Crippen molar-refractivity contribution in [3.05, 3.63) is 68.8 Å². The summed E-state index contributed by atoms with van der Waals surface area (Å²) >= 11 is 0. The molecule has 8 heteroatoms. The lowest BCUT2D eigenvalue weighted by Crippen LogP contribution is -2.22. The van der Waals surface area contributed by atoms with Crippen molar-refractivity contribution in [1.29, 1.82) is 0 Å². The Bertz CT molecular complexity index is 1010. The van der Waals surface area contributed by atoms with Gasteiger partial charge in [0.25, 0.3) is 11.6 Å². The summed E-state index contributed by atoms with van der Waals surface area (Å²) in [5.41, 5.74) is 3.37. The third kappa shape index (κ3) is 5.08. The molecule has 0 radical (unpaired) electrons. The summed E-state index contributed by atoms with van der Waals surface area (Å²) in [6, 6.07) is 10.0. The van der Waals surface area contributed by atoms with Crippen LogP contribution in [0.25, 0.3) is 0 Å². The minimum absolute atomic E-state index is 0.0114. The highest BCUT2D eigenvalue weighted by Crippen LogP contribution is 2.27. The zero-order chi connectivity index (χ0) is 21.7. The molecule has 156 valence electrons. The molecule has 8 nitrogen and oxygen atoms in total. The number of fused-ring (bicyclic) bond motifs is 1. The molecular weight excluding hydrogens is 388 g/mol. The van der Waals surface area contributed by atoms with Gasteiger partial charge in [-0.1, -0.05) is 24.3 Å². The molecular formula is C22H22N2O6. The van der Waals surface area contributed by atoms with E-state index in [-0.39, 0.29) is 30.0 Å². The van der Waals surface area contributed by atoms with Gasteiger partial charge in [0.05, 0.1) is 11.3 Å². The van der Waals surface area contributed by atoms with E-state index in [0.717, 1.165) is 19.3 Å². The number of nitrogens with zero attached hydrogens (tertiary/aromatic N) is 1. The number of hydrogen-bond acceptors (Lipinski definition) is 6. The fourth-order valence-electron chi connectivity index (χ4n) is 3.47. The van der Waals surface area contributed by atoms with Gasteiger partial charge in [-0.25, -0.2) is 0 Å². The monoisotopic (exact) mass is 410 g/mol. The van der Waals surface area contributed by atoms with Crippen molar-refractivity contribution in [2.75, 3.05) is 11.9 Å². The van der Waals surface area contributed by atoms with E-state index in [0.29, 0.717) is 11.1 Å². The molecule has 0 atom stereocenters. The lowest BCUT2D eigenvalue weighted by molar-refractivity contribution is -0.384. The molecule has 0 aliphatic heterocycles. The summed E-state index contributed by atoms with van der Waals surface area (Å²) in [5.74, 6) is -1.52. The molecule has 0 bridgehead atoms. The summed E-state index contributed by atoms with van der Waals surface area (Å²) < 4.78 is 4.90. The lowest BCUT2D eigenvalue weighted by atomic mass is 10.0. The maximum atomic E-state index is 12.3. The van der Waals surface area contributed by atoms with E-state index < -0.39 is 23.4 Å². The van der Waals surface area contributed by atoms with Crippen LogP contribution in [0.1, 0.15) is 46.3 Å². The van der Waals surface area contributed by atoms with E-state index in [1.807, 2.05) is 12.1 Å². The highest BCUT2D eigenvalue weighted by molar-refractivity contribution is 5.98. The molecule has 0 saturated carbocycles. The largest absolute Gasteiger partial charge is 0.456 e. The molecule has 0 fully saturated rings. The summed E-state index contributed by atoms with van der Waals surface area (Å²) in [6.07, 6.45) is 2.93. The number of nitro benzene ring substituents is 1. The maximum Gasteiger partial charge on any atom is 0.306 e. The van der Waals surface area contributed by atoms with Crippen molar-refractivity contribution >= 4 is 29.0 Å². The van der Waals surface area contributed by atoms with Gasteiger partial charge in [0.1, 0.15) is 5.69 Å². The normalized spacial score (nSPS) is 12.2. The number of Topliss-reactive ketones (excluding diaryl/α,β-unsaturated/α-hetero) is 1. The summed E-state index contributed by atoms with van der Waals surface area (Å²) in [5, 5.41) is 13.5. The molecule has 30 heavy (non-hydrogen) atoms. The van der Waals surface area contributed by atoms with Crippen LogP contribution in [0, 0.1) is 17.0 Å². The van der Waals surface area contributed by atoms with Crippen molar-refractivity contribution in [3.8, 4) is 0 Å². The van der Waals surface area contributed by atoms with Gasteiger partial charge in [0, 0.05) is 18.1 Å². The number of ketones is 1. The molecule has 0 aromatic heterocycles. The van der Waals surface area contributed by atoms with Crippen molar-refractivity contribution in [3.63, 3.8) is 0 Å². The predicted molar refractivity (Wildman–Crippen MR) is 109 cm³/mol. The van der Waals surface area contributed by atoms with E-state index in [9.17, 15) is 24.5 Å². The van der Waals surface area contributed by atoms with Crippen LogP contribution < -0.4 is 5.32 Å². The molecule has 0 heterocycles. The van der Waals surface area contributed by atoms with Crippen LogP contribution in [0.2, 0.25) is 0 Å². The number of anilines is 1. The number of aryl methyl sites for hydroxylation is 3. The number of nitrogens with one attached hydrogen (secondary N) is 1. The first kappa shape index (κ1) is 21.2. The first-order valence-corrected chi connectivity index (χ1v) is 9.69. The van der Waals surface area contributed by atoms with Crippen LogP contribution in [0.15, 0.2) is 36.4 Å². The maximum absolute atomic E-state index is 12.3. The zero-order valence-electron chi connectivity index (χ0n) is 16.6. The van der Waals surface area contributed by atoms with Gasteiger partial charge in [-0.05, 0) is 48.9 Å². The Labute approximate surface area is 173 Å². The van der Waals surface area contributed by atoms with Gasteiger partial charge in [0.2, 0.25) is 0 Å². The second-order valence-corrected chi connectivity index (χ2v) is 7.20. The smallest absolute Gasteiger partial charge is 0.306 e. The minimum atomic E-state index is -0.689. The van der Waals surface area contributed by atoms with Crippen molar-refractivity contribution < 1.29 is 24.0 Å². The van der Waals surface area contributed by atoms with Gasteiger partial charge < -0.3 is 10.1 Å². The number of carbonyl (C=O) groups excluding carboxylic acids is 3. The molecule has 1 N–H and O–H groups in total. The van der Waals surface area contributed by atoms with Crippen LogP contribution in [0.4, 0.5) is 11.4 Å². The van der Waals surface area contributed by atoms with E-state index in [2.05, 4.69) is 5.32 Å². The highest BCUT2D eigenvalue weighted by atomic mass is 16.6. The minimum Gasteiger partial charge on any atom is -0.456 e. The molecule has 2 aromatic rings. The number of rotatable bonds is 8. The number of esters is 1. The summed E-state index contributed by atoms with van der Waals surface area (Å²) in [4.78, 5) is 46.7. The SMILES string of the molecule is Cc1cccc([N+](=O)[O-])c1NC(=O)COC(=O)CCC(=O)c1ccc2c(c1)CCC2. The molecule has 3 rings (SSSR count). The predicted octanol–water partition coefficient (Wildman–Crippen LogP) is 3.54. The van der Waals surface area contributed by atoms with Crippen LogP contribution in [-0.4, -0.2) is 29.2 Å². The average Bonchev–Trinajstić information content (AvgIpc) is 3.19. The van der Waals surface area contributed by atoms with E-state index in [1.165, 1.54) is 23.3 Å². The molecule has 0 unspecified atom stereocenters. The Hall–Kier alpha value is -3.55. The lowest BCUT2D eigenvalue weighted by Gasteiger charge is -2.09. The second-order valence-electron chi connectivity index (χ2n) is 7.20. The number of carbonyl (C=O) groups is 3. The first-order valence-electron chi connectivity index (χ1n) is 9.69. The fourth-order valence-corrected chi connectivity index (χ4v) is 3.47. The number of benzene rings is 2.